The van der Waals surface area contributed by atoms with Crippen LogP contribution >= 0.6 is 0 Å². The largest absolute Gasteiger partial charge is 0.493 e. The van der Waals surface area contributed by atoms with Gasteiger partial charge in [0.1, 0.15) is 5.82 Å². The fourth-order valence-electron chi connectivity index (χ4n) is 3.31. The molecule has 8 heteroatoms. The number of ether oxygens (including phenoxy) is 2. The lowest BCUT2D eigenvalue weighted by Crippen LogP contribution is -2.42. The lowest BCUT2D eigenvalue weighted by Gasteiger charge is -2.31. The third-order valence-corrected chi connectivity index (χ3v) is 5.04. The van der Waals surface area contributed by atoms with Crippen LogP contribution in [0.1, 0.15) is 28.8 Å². The van der Waals surface area contributed by atoms with E-state index in [-0.39, 0.29) is 23.5 Å². The average Bonchev–Trinajstić information content (AvgIpc) is 2.79. The van der Waals surface area contributed by atoms with Crippen LogP contribution in [0.4, 0.5) is 4.39 Å². The monoisotopic (exact) mass is 413 g/mol. The molecular weight excluding hydrogens is 389 g/mol. The Morgan fingerprint density at radius 1 is 1.07 bits per heavy atom. The lowest BCUT2D eigenvalue weighted by molar-refractivity contribution is -0.126. The van der Waals surface area contributed by atoms with Crippen molar-refractivity contribution in [2.24, 2.45) is 11.0 Å². The number of carbonyl (C=O) groups excluding carboxylic acids is 2. The molecule has 0 bridgehead atoms. The highest BCUT2D eigenvalue weighted by atomic mass is 19.1. The van der Waals surface area contributed by atoms with Crippen molar-refractivity contribution in [3.63, 3.8) is 0 Å². The molecule has 30 heavy (non-hydrogen) atoms. The van der Waals surface area contributed by atoms with E-state index in [0.717, 1.165) is 5.56 Å². The van der Waals surface area contributed by atoms with Gasteiger partial charge < -0.3 is 14.4 Å². The second-order valence-electron chi connectivity index (χ2n) is 6.92. The van der Waals surface area contributed by atoms with Crippen LogP contribution in [0.5, 0.6) is 11.5 Å². The van der Waals surface area contributed by atoms with Gasteiger partial charge in [-0.3, -0.25) is 9.59 Å². The molecule has 1 heterocycles. The highest BCUT2D eigenvalue weighted by Crippen LogP contribution is 2.26. The third kappa shape index (κ3) is 5.14. The SMILES string of the molecule is COc1ccc(/C=N/NC(=O)C2CCN(C(=O)c3ccc(F)cc3)CC2)cc1OC. The topological polar surface area (TPSA) is 80.2 Å². The lowest BCUT2D eigenvalue weighted by atomic mass is 9.95. The Balaban J connectivity index is 1.50. The summed E-state index contributed by atoms with van der Waals surface area (Å²) in [6, 6.07) is 10.8. The van der Waals surface area contributed by atoms with Gasteiger partial charge in [-0.15, -0.1) is 0 Å². The molecule has 7 nitrogen and oxygen atoms in total. The Hall–Kier alpha value is -3.42. The van der Waals surface area contributed by atoms with Crippen molar-refractivity contribution in [3.8, 4) is 11.5 Å². The molecule has 0 aromatic heterocycles. The number of rotatable bonds is 6. The van der Waals surface area contributed by atoms with Gasteiger partial charge in [0.2, 0.25) is 5.91 Å². The number of carbonyl (C=O) groups is 2. The maximum atomic E-state index is 13.0. The van der Waals surface area contributed by atoms with Crippen LogP contribution in [-0.4, -0.2) is 50.2 Å². The number of likely N-dealkylation sites (tertiary alicyclic amines) is 1. The van der Waals surface area contributed by atoms with Gasteiger partial charge >= 0.3 is 0 Å². The Kier molecular flexibility index (Phi) is 7.00. The van der Waals surface area contributed by atoms with E-state index in [1.54, 1.807) is 37.3 Å². The van der Waals surface area contributed by atoms with Crippen molar-refractivity contribution in [1.29, 1.82) is 0 Å². The van der Waals surface area contributed by atoms with Crippen molar-refractivity contribution in [3.05, 3.63) is 59.4 Å². The highest BCUT2D eigenvalue weighted by molar-refractivity contribution is 5.94. The minimum Gasteiger partial charge on any atom is -0.493 e. The van der Waals surface area contributed by atoms with Crippen molar-refractivity contribution in [2.75, 3.05) is 27.3 Å². The van der Waals surface area contributed by atoms with E-state index in [1.165, 1.54) is 30.5 Å². The van der Waals surface area contributed by atoms with Crippen LogP contribution in [0.25, 0.3) is 0 Å². The summed E-state index contributed by atoms with van der Waals surface area (Å²) < 4.78 is 23.5. The Morgan fingerprint density at radius 2 is 1.73 bits per heavy atom. The number of amides is 2. The van der Waals surface area contributed by atoms with Crippen molar-refractivity contribution >= 4 is 18.0 Å². The number of nitrogens with one attached hydrogen (secondary N) is 1. The number of hydrogen-bond acceptors (Lipinski definition) is 5. The van der Waals surface area contributed by atoms with Crippen LogP contribution in [0.15, 0.2) is 47.6 Å². The molecule has 0 aliphatic carbocycles. The zero-order chi connectivity index (χ0) is 21.5. The first-order valence-corrected chi connectivity index (χ1v) is 9.61. The van der Waals surface area contributed by atoms with E-state index >= 15 is 0 Å². The summed E-state index contributed by atoms with van der Waals surface area (Å²) in [5.41, 5.74) is 3.76. The van der Waals surface area contributed by atoms with Crippen LogP contribution in [-0.2, 0) is 4.79 Å². The summed E-state index contributed by atoms with van der Waals surface area (Å²) in [4.78, 5) is 26.5. The summed E-state index contributed by atoms with van der Waals surface area (Å²) >= 11 is 0. The Morgan fingerprint density at radius 3 is 2.37 bits per heavy atom. The number of hydrogen-bond donors (Lipinski definition) is 1. The van der Waals surface area contributed by atoms with Crippen molar-refractivity contribution < 1.29 is 23.5 Å². The molecule has 158 valence electrons. The van der Waals surface area contributed by atoms with E-state index < -0.39 is 0 Å². The average molecular weight is 413 g/mol. The standard InChI is InChI=1S/C22H24FN3O4/c1-29-19-8-3-15(13-20(19)30-2)14-24-25-21(27)16-9-11-26(12-10-16)22(28)17-4-6-18(23)7-5-17/h3-8,13-14,16H,9-12H2,1-2H3,(H,25,27)/b24-14+. The molecule has 1 saturated heterocycles. The molecule has 2 aromatic rings. The Bertz CT molecular complexity index is 922. The molecule has 1 aliphatic rings. The maximum absolute atomic E-state index is 13.0. The number of piperidine rings is 1. The number of nitrogens with zero attached hydrogens (tertiary/aromatic N) is 2. The van der Waals surface area contributed by atoms with Gasteiger partial charge in [0.05, 0.1) is 20.4 Å². The van der Waals surface area contributed by atoms with Crippen LogP contribution in [0.3, 0.4) is 0 Å². The van der Waals surface area contributed by atoms with E-state index in [1.807, 2.05) is 0 Å². The molecule has 0 unspecified atom stereocenters. The van der Waals surface area contributed by atoms with Gasteiger partial charge in [0.25, 0.3) is 5.91 Å². The normalized spacial score (nSPS) is 14.6. The molecule has 0 saturated carbocycles. The van der Waals surface area contributed by atoms with Gasteiger partial charge in [-0.05, 0) is 60.9 Å². The first kappa shape index (κ1) is 21.3. The predicted molar refractivity (Wildman–Crippen MR) is 110 cm³/mol. The van der Waals surface area contributed by atoms with Gasteiger partial charge in [-0.2, -0.15) is 5.10 Å². The fourth-order valence-corrected chi connectivity index (χ4v) is 3.31. The zero-order valence-electron chi connectivity index (χ0n) is 16.9. The number of benzene rings is 2. The van der Waals surface area contributed by atoms with Crippen molar-refractivity contribution in [1.82, 2.24) is 10.3 Å². The van der Waals surface area contributed by atoms with Crippen LogP contribution in [0.2, 0.25) is 0 Å². The predicted octanol–water partition coefficient (Wildman–Crippen LogP) is 2.85. The highest BCUT2D eigenvalue weighted by Gasteiger charge is 2.27. The first-order chi connectivity index (χ1) is 14.5. The van der Waals surface area contributed by atoms with E-state index in [2.05, 4.69) is 10.5 Å². The Labute approximate surface area is 174 Å². The maximum Gasteiger partial charge on any atom is 0.253 e. The second kappa shape index (κ2) is 9.87. The smallest absolute Gasteiger partial charge is 0.253 e. The van der Waals surface area contributed by atoms with Crippen LogP contribution in [0, 0.1) is 11.7 Å². The minimum atomic E-state index is -0.379. The van der Waals surface area contributed by atoms with Gasteiger partial charge in [0.15, 0.2) is 11.5 Å². The number of hydrazone groups is 1. The van der Waals surface area contributed by atoms with Crippen molar-refractivity contribution in [2.45, 2.75) is 12.8 Å². The van der Waals surface area contributed by atoms with Gasteiger partial charge in [0, 0.05) is 24.6 Å². The molecule has 0 atom stereocenters. The second-order valence-corrected chi connectivity index (χ2v) is 6.92. The van der Waals surface area contributed by atoms with Crippen LogP contribution < -0.4 is 14.9 Å². The fraction of sp³-hybridized carbons (Fsp3) is 0.318. The third-order valence-electron chi connectivity index (χ3n) is 5.04. The quantitative estimate of drug-likeness (QED) is 0.583. The van der Waals surface area contributed by atoms with E-state index in [4.69, 9.17) is 9.47 Å². The first-order valence-electron chi connectivity index (χ1n) is 9.61. The molecule has 1 fully saturated rings. The van der Waals surface area contributed by atoms with Gasteiger partial charge in [-0.1, -0.05) is 0 Å². The summed E-state index contributed by atoms with van der Waals surface area (Å²) in [6.45, 7) is 0.932. The molecule has 1 N–H and O–H groups in total. The summed E-state index contributed by atoms with van der Waals surface area (Å²) in [5, 5.41) is 4.02. The molecular formula is C22H24FN3O4. The minimum absolute atomic E-state index is 0.152. The van der Waals surface area contributed by atoms with E-state index in [9.17, 15) is 14.0 Å². The van der Waals surface area contributed by atoms with Gasteiger partial charge in [-0.25, -0.2) is 9.82 Å². The molecule has 3 rings (SSSR count). The molecule has 2 aromatic carbocycles. The summed E-state index contributed by atoms with van der Waals surface area (Å²) in [7, 11) is 3.11. The molecule has 1 aliphatic heterocycles. The number of methoxy groups -OCH3 is 2. The zero-order valence-corrected chi connectivity index (χ0v) is 16.9. The molecule has 0 spiro atoms. The van der Waals surface area contributed by atoms with E-state index in [0.29, 0.717) is 43.0 Å². The number of halogens is 1. The molecule has 2 amide bonds. The summed E-state index contributed by atoms with van der Waals surface area (Å²) in [6.07, 6.45) is 2.63. The molecule has 0 radical (unpaired) electrons. The summed E-state index contributed by atoms with van der Waals surface area (Å²) in [5.74, 6) is 0.257.